The number of carboxylic acid groups (broad SMARTS) is 1. The number of para-hydroxylation sites is 1. The highest BCUT2D eigenvalue weighted by atomic mass is 35.5. The first-order valence-corrected chi connectivity index (χ1v) is 11.7. The zero-order valence-electron chi connectivity index (χ0n) is 20.2. The summed E-state index contributed by atoms with van der Waals surface area (Å²) in [4.78, 5) is 28.3. The molecule has 0 aliphatic rings. The molecule has 0 radical (unpaired) electrons. The van der Waals surface area contributed by atoms with E-state index < -0.39 is 24.1 Å². The second-order valence-electron chi connectivity index (χ2n) is 8.13. The van der Waals surface area contributed by atoms with Crippen LogP contribution in [-0.4, -0.2) is 27.3 Å². The quantitative estimate of drug-likeness (QED) is 0.257. The molecule has 192 valence electrons. The first kappa shape index (κ1) is 26.2. The molecule has 38 heavy (non-hydrogen) atoms. The Balaban J connectivity index is 1.52. The van der Waals surface area contributed by atoms with Gasteiger partial charge in [0.1, 0.15) is 29.3 Å². The van der Waals surface area contributed by atoms with Crippen LogP contribution in [0.4, 0.5) is 10.5 Å². The van der Waals surface area contributed by atoms with Crippen molar-refractivity contribution in [3.8, 4) is 29.0 Å². The number of nitriles is 1. The van der Waals surface area contributed by atoms with Crippen LogP contribution in [0.15, 0.2) is 71.4 Å². The SMILES string of the molecule is CC(OC(=O)Nc1c(-c2ccc(Oc3ccccc3C(C)C(=O)O)nc2)noc1C#N)c1ccccc1Cl. The number of hydrogen-bond donors (Lipinski definition) is 2. The van der Waals surface area contributed by atoms with Crippen LogP contribution in [0.2, 0.25) is 5.02 Å². The van der Waals surface area contributed by atoms with Crippen LogP contribution in [0.25, 0.3) is 11.3 Å². The lowest BCUT2D eigenvalue weighted by Gasteiger charge is -2.15. The highest BCUT2D eigenvalue weighted by Gasteiger charge is 2.23. The third-order valence-corrected chi connectivity index (χ3v) is 5.97. The van der Waals surface area contributed by atoms with Gasteiger partial charge < -0.3 is 19.1 Å². The minimum absolute atomic E-state index is 0.0138. The molecule has 0 aliphatic carbocycles. The van der Waals surface area contributed by atoms with Crippen molar-refractivity contribution in [1.82, 2.24) is 10.1 Å². The standard InChI is InChI=1S/C27H21ClN4O6/c1-15(26(33)34)18-7-4-6-10-21(18)37-23-12-11-17(14-30-23)24-25(22(13-29)38-32-24)31-27(35)36-16(2)19-8-3-5-9-20(19)28/h3-12,14-16H,1-2H3,(H,31,35)(H,33,34). The lowest BCUT2D eigenvalue weighted by Crippen LogP contribution is -2.17. The number of ether oxygens (including phenoxy) is 2. The van der Waals surface area contributed by atoms with Gasteiger partial charge in [-0.1, -0.05) is 53.2 Å². The van der Waals surface area contributed by atoms with E-state index in [-0.39, 0.29) is 23.0 Å². The monoisotopic (exact) mass is 532 g/mol. The molecule has 2 unspecified atom stereocenters. The van der Waals surface area contributed by atoms with Gasteiger partial charge in [0, 0.05) is 34.0 Å². The minimum atomic E-state index is -0.983. The maximum atomic E-state index is 12.6. The van der Waals surface area contributed by atoms with Crippen LogP contribution in [0, 0.1) is 11.3 Å². The van der Waals surface area contributed by atoms with Gasteiger partial charge >= 0.3 is 12.1 Å². The molecule has 10 nitrogen and oxygen atoms in total. The van der Waals surface area contributed by atoms with Gasteiger partial charge in [0.25, 0.3) is 5.76 Å². The summed E-state index contributed by atoms with van der Waals surface area (Å²) in [6, 6.07) is 18.7. The Labute approximate surface area is 222 Å². The van der Waals surface area contributed by atoms with Crippen LogP contribution in [0.5, 0.6) is 11.6 Å². The molecule has 0 aliphatic heterocycles. The first-order chi connectivity index (χ1) is 18.3. The number of rotatable bonds is 8. The molecule has 0 saturated carbocycles. The van der Waals surface area contributed by atoms with E-state index in [2.05, 4.69) is 15.5 Å². The fraction of sp³-hybridized carbons (Fsp3) is 0.148. The van der Waals surface area contributed by atoms with Gasteiger partial charge in [0.15, 0.2) is 0 Å². The van der Waals surface area contributed by atoms with Crippen LogP contribution < -0.4 is 10.1 Å². The Bertz CT molecular complexity index is 1510. The molecule has 0 saturated heterocycles. The van der Waals surface area contributed by atoms with Gasteiger partial charge in [0.05, 0.1) is 5.92 Å². The number of hydrogen-bond acceptors (Lipinski definition) is 8. The smallest absolute Gasteiger partial charge is 0.412 e. The van der Waals surface area contributed by atoms with Gasteiger partial charge in [-0.3, -0.25) is 10.1 Å². The van der Waals surface area contributed by atoms with Crippen molar-refractivity contribution in [1.29, 1.82) is 5.26 Å². The normalized spacial score (nSPS) is 12.2. The van der Waals surface area contributed by atoms with Crippen molar-refractivity contribution >= 4 is 29.4 Å². The molecule has 2 aromatic heterocycles. The number of aliphatic carboxylic acids is 1. The van der Waals surface area contributed by atoms with Crippen molar-refractivity contribution in [2.45, 2.75) is 25.9 Å². The molecule has 0 spiro atoms. The van der Waals surface area contributed by atoms with Crippen molar-refractivity contribution in [2.24, 2.45) is 0 Å². The Hall–Kier alpha value is -4.88. The Morgan fingerprint density at radius 2 is 1.79 bits per heavy atom. The molecule has 0 fully saturated rings. The molecule has 4 aromatic rings. The van der Waals surface area contributed by atoms with E-state index >= 15 is 0 Å². The van der Waals surface area contributed by atoms with Gasteiger partial charge in [0.2, 0.25) is 5.88 Å². The van der Waals surface area contributed by atoms with Crippen molar-refractivity contribution < 1.29 is 28.7 Å². The summed E-state index contributed by atoms with van der Waals surface area (Å²) >= 11 is 6.18. The molecular weight excluding hydrogens is 512 g/mol. The number of nitrogens with zero attached hydrogens (tertiary/aromatic N) is 3. The first-order valence-electron chi connectivity index (χ1n) is 11.4. The molecule has 2 aromatic carbocycles. The molecule has 1 amide bonds. The number of carbonyl (C=O) groups excluding carboxylic acids is 1. The fourth-order valence-corrected chi connectivity index (χ4v) is 3.89. The molecule has 11 heteroatoms. The van der Waals surface area contributed by atoms with Gasteiger partial charge in [-0.2, -0.15) is 5.26 Å². The van der Waals surface area contributed by atoms with E-state index in [1.54, 1.807) is 74.5 Å². The molecular formula is C27H21ClN4O6. The molecule has 2 atom stereocenters. The number of halogens is 1. The van der Waals surface area contributed by atoms with Crippen LogP contribution in [-0.2, 0) is 9.53 Å². The summed E-state index contributed by atoms with van der Waals surface area (Å²) in [6.07, 6.45) is -0.0849. The third-order valence-electron chi connectivity index (χ3n) is 5.63. The van der Waals surface area contributed by atoms with Gasteiger partial charge in [-0.15, -0.1) is 0 Å². The predicted molar refractivity (Wildman–Crippen MR) is 137 cm³/mol. The summed E-state index contributed by atoms with van der Waals surface area (Å²) in [5.41, 5.74) is 1.71. The van der Waals surface area contributed by atoms with Crippen LogP contribution in [0.3, 0.4) is 0 Å². The van der Waals surface area contributed by atoms with Gasteiger partial charge in [-0.05, 0) is 32.0 Å². The molecule has 2 heterocycles. The number of anilines is 1. The van der Waals surface area contributed by atoms with Crippen LogP contribution in [0.1, 0.15) is 42.8 Å². The average molecular weight is 533 g/mol. The van der Waals surface area contributed by atoms with E-state index in [4.69, 9.17) is 25.6 Å². The van der Waals surface area contributed by atoms with E-state index in [1.807, 2.05) is 6.07 Å². The van der Waals surface area contributed by atoms with Crippen molar-refractivity contribution in [3.05, 3.63) is 88.8 Å². The molecule has 2 N–H and O–H groups in total. The topological polar surface area (TPSA) is 148 Å². The highest BCUT2D eigenvalue weighted by molar-refractivity contribution is 6.31. The Kier molecular flexibility index (Phi) is 7.89. The second-order valence-corrected chi connectivity index (χ2v) is 8.53. The Morgan fingerprint density at radius 3 is 2.45 bits per heavy atom. The van der Waals surface area contributed by atoms with E-state index in [0.717, 1.165) is 0 Å². The van der Waals surface area contributed by atoms with E-state index in [9.17, 15) is 20.0 Å². The molecule has 0 bridgehead atoms. The number of carboxylic acids is 1. The number of amides is 1. The summed E-state index contributed by atoms with van der Waals surface area (Å²) in [5, 5.41) is 25.7. The zero-order chi connectivity index (χ0) is 27.2. The predicted octanol–water partition coefficient (Wildman–Crippen LogP) is 6.55. The lowest BCUT2D eigenvalue weighted by atomic mass is 10.0. The van der Waals surface area contributed by atoms with Crippen molar-refractivity contribution in [3.63, 3.8) is 0 Å². The van der Waals surface area contributed by atoms with E-state index in [1.165, 1.54) is 6.20 Å². The fourth-order valence-electron chi connectivity index (χ4n) is 3.60. The summed E-state index contributed by atoms with van der Waals surface area (Å²) < 4.78 is 16.3. The summed E-state index contributed by atoms with van der Waals surface area (Å²) in [7, 11) is 0. The van der Waals surface area contributed by atoms with Crippen LogP contribution >= 0.6 is 11.6 Å². The average Bonchev–Trinajstić information content (AvgIpc) is 3.31. The molecule has 4 rings (SSSR count). The maximum Gasteiger partial charge on any atom is 0.412 e. The number of pyridine rings is 1. The number of carbonyl (C=O) groups is 2. The van der Waals surface area contributed by atoms with E-state index in [0.29, 0.717) is 27.5 Å². The second kappa shape index (κ2) is 11.5. The van der Waals surface area contributed by atoms with Gasteiger partial charge in [-0.25, -0.2) is 9.78 Å². The number of nitrogens with one attached hydrogen (secondary N) is 1. The van der Waals surface area contributed by atoms with Crippen molar-refractivity contribution in [2.75, 3.05) is 5.32 Å². The summed E-state index contributed by atoms with van der Waals surface area (Å²) in [6.45, 7) is 3.23. The number of benzene rings is 2. The lowest BCUT2D eigenvalue weighted by molar-refractivity contribution is -0.138. The zero-order valence-corrected chi connectivity index (χ0v) is 21.0. The minimum Gasteiger partial charge on any atom is -0.481 e. The maximum absolute atomic E-state index is 12.6. The summed E-state index contributed by atoms with van der Waals surface area (Å²) in [5.74, 6) is -1.43. The Morgan fingerprint density at radius 1 is 1.08 bits per heavy atom. The highest BCUT2D eigenvalue weighted by Crippen LogP contribution is 2.34. The largest absolute Gasteiger partial charge is 0.481 e. The number of aromatic nitrogens is 2. The third kappa shape index (κ3) is 5.74.